The van der Waals surface area contributed by atoms with Crippen LogP contribution in [0.25, 0.3) is 10.9 Å². The van der Waals surface area contributed by atoms with Crippen molar-refractivity contribution in [2.75, 3.05) is 7.11 Å². The predicted molar refractivity (Wildman–Crippen MR) is 57.5 cm³/mol. The Morgan fingerprint density at radius 3 is 2.86 bits per heavy atom. The smallest absolute Gasteiger partial charge is 0.132 e. The Balaban J connectivity index is 2.81. The number of nitrogens with one attached hydrogen (secondary N) is 1. The fourth-order valence-electron chi connectivity index (χ4n) is 1.79. The number of rotatable bonds is 2. The summed E-state index contributed by atoms with van der Waals surface area (Å²) in [5.74, 6) is 0.892. The third kappa shape index (κ3) is 1.17. The molecule has 0 spiro atoms. The summed E-state index contributed by atoms with van der Waals surface area (Å²) in [6.07, 6.45) is 1.98. The van der Waals surface area contributed by atoms with E-state index in [9.17, 15) is 0 Å². The first-order valence-electron chi connectivity index (χ1n) is 4.61. The molecule has 0 aliphatic heterocycles. The fraction of sp³-hybridized carbons (Fsp3) is 0.273. The number of aromatic amines is 1. The molecule has 3 N–H and O–H groups in total. The van der Waals surface area contributed by atoms with Crippen LogP contribution in [-0.4, -0.2) is 12.1 Å². The van der Waals surface area contributed by atoms with Crippen LogP contribution >= 0.6 is 0 Å². The minimum atomic E-state index is 0.504. The summed E-state index contributed by atoms with van der Waals surface area (Å²) in [4.78, 5) is 3.19. The molecule has 2 rings (SSSR count). The summed E-state index contributed by atoms with van der Waals surface area (Å²) in [5, 5.41) is 1.13. The van der Waals surface area contributed by atoms with Gasteiger partial charge in [-0.25, -0.2) is 0 Å². The summed E-state index contributed by atoms with van der Waals surface area (Å²) in [6, 6.07) is 4.03. The molecule has 0 saturated heterocycles. The molecule has 0 aliphatic carbocycles. The van der Waals surface area contributed by atoms with E-state index in [-0.39, 0.29) is 0 Å². The summed E-state index contributed by atoms with van der Waals surface area (Å²) in [5.41, 5.74) is 8.97. The van der Waals surface area contributed by atoms with E-state index in [1.165, 1.54) is 5.56 Å². The van der Waals surface area contributed by atoms with Gasteiger partial charge in [0, 0.05) is 29.2 Å². The minimum Gasteiger partial charge on any atom is -0.496 e. The van der Waals surface area contributed by atoms with E-state index >= 15 is 0 Å². The monoisotopic (exact) mass is 190 g/mol. The normalized spacial score (nSPS) is 10.8. The summed E-state index contributed by atoms with van der Waals surface area (Å²) in [7, 11) is 1.68. The van der Waals surface area contributed by atoms with E-state index in [1.54, 1.807) is 7.11 Å². The van der Waals surface area contributed by atoms with Crippen LogP contribution in [0.5, 0.6) is 5.75 Å². The number of aryl methyl sites for hydroxylation is 1. The topological polar surface area (TPSA) is 51.0 Å². The largest absolute Gasteiger partial charge is 0.496 e. The molecule has 0 amide bonds. The van der Waals surface area contributed by atoms with Crippen molar-refractivity contribution >= 4 is 10.9 Å². The Bertz CT molecular complexity index is 460. The van der Waals surface area contributed by atoms with Crippen LogP contribution in [0.2, 0.25) is 0 Å². The molecule has 0 saturated carbocycles. The molecular formula is C11H14N2O. The Morgan fingerprint density at radius 1 is 1.43 bits per heavy atom. The highest BCUT2D eigenvalue weighted by Crippen LogP contribution is 2.31. The lowest BCUT2D eigenvalue weighted by molar-refractivity contribution is 0.415. The lowest BCUT2D eigenvalue weighted by atomic mass is 10.1. The fourth-order valence-corrected chi connectivity index (χ4v) is 1.79. The molecule has 0 aliphatic rings. The maximum atomic E-state index is 5.65. The second kappa shape index (κ2) is 3.35. The molecular weight excluding hydrogens is 176 g/mol. The molecule has 0 bridgehead atoms. The summed E-state index contributed by atoms with van der Waals surface area (Å²) in [6.45, 7) is 2.56. The molecule has 0 atom stereocenters. The highest BCUT2D eigenvalue weighted by atomic mass is 16.5. The van der Waals surface area contributed by atoms with Gasteiger partial charge in [-0.3, -0.25) is 0 Å². The number of fused-ring (bicyclic) bond motifs is 1. The van der Waals surface area contributed by atoms with E-state index in [0.717, 1.165) is 22.2 Å². The third-order valence-corrected chi connectivity index (χ3v) is 2.50. The minimum absolute atomic E-state index is 0.504. The predicted octanol–water partition coefficient (Wildman–Crippen LogP) is 1.94. The van der Waals surface area contributed by atoms with Gasteiger partial charge in [-0.15, -0.1) is 0 Å². The molecule has 0 radical (unpaired) electrons. The molecule has 74 valence electrons. The van der Waals surface area contributed by atoms with Crippen molar-refractivity contribution in [3.05, 3.63) is 29.5 Å². The third-order valence-electron chi connectivity index (χ3n) is 2.50. The maximum absolute atomic E-state index is 5.65. The molecule has 1 heterocycles. The van der Waals surface area contributed by atoms with Gasteiger partial charge in [-0.05, 0) is 18.6 Å². The van der Waals surface area contributed by atoms with Crippen LogP contribution in [0.1, 0.15) is 11.1 Å². The average Bonchev–Trinajstić information content (AvgIpc) is 2.59. The number of nitrogens with two attached hydrogens (primary N) is 1. The van der Waals surface area contributed by atoms with Gasteiger partial charge in [0.2, 0.25) is 0 Å². The van der Waals surface area contributed by atoms with Gasteiger partial charge in [0.25, 0.3) is 0 Å². The molecule has 3 nitrogen and oxygen atoms in total. The number of aromatic nitrogens is 1. The van der Waals surface area contributed by atoms with Crippen molar-refractivity contribution in [1.82, 2.24) is 4.98 Å². The highest BCUT2D eigenvalue weighted by molar-refractivity contribution is 5.90. The van der Waals surface area contributed by atoms with Crippen molar-refractivity contribution in [2.45, 2.75) is 13.5 Å². The molecule has 0 unspecified atom stereocenters. The molecule has 1 aromatic carbocycles. The van der Waals surface area contributed by atoms with Gasteiger partial charge in [0.1, 0.15) is 5.75 Å². The number of hydrogen-bond donors (Lipinski definition) is 2. The Hall–Kier alpha value is -1.48. The quantitative estimate of drug-likeness (QED) is 0.760. The molecule has 2 aromatic rings. The van der Waals surface area contributed by atoms with E-state index < -0.39 is 0 Å². The van der Waals surface area contributed by atoms with Crippen molar-refractivity contribution < 1.29 is 4.74 Å². The standard InChI is InChI=1S/C11H14N2O/c1-7-6-13-9-4-3-8(5-12)11(14-2)10(7)9/h3-4,6,13H,5,12H2,1-2H3. The lowest BCUT2D eigenvalue weighted by Crippen LogP contribution is -2.00. The SMILES string of the molecule is COc1c(CN)ccc2[nH]cc(C)c12. The lowest BCUT2D eigenvalue weighted by Gasteiger charge is -2.08. The number of methoxy groups -OCH3 is 1. The first-order chi connectivity index (χ1) is 6.77. The number of H-pyrrole nitrogens is 1. The Labute approximate surface area is 82.9 Å². The van der Waals surface area contributed by atoms with Crippen molar-refractivity contribution in [2.24, 2.45) is 5.73 Å². The van der Waals surface area contributed by atoms with Crippen LogP contribution in [0.15, 0.2) is 18.3 Å². The Morgan fingerprint density at radius 2 is 2.21 bits per heavy atom. The van der Waals surface area contributed by atoms with Crippen LogP contribution < -0.4 is 10.5 Å². The highest BCUT2D eigenvalue weighted by Gasteiger charge is 2.09. The van der Waals surface area contributed by atoms with Crippen molar-refractivity contribution in [1.29, 1.82) is 0 Å². The van der Waals surface area contributed by atoms with Gasteiger partial charge in [-0.1, -0.05) is 6.07 Å². The number of hydrogen-bond acceptors (Lipinski definition) is 2. The van der Waals surface area contributed by atoms with Crippen LogP contribution in [0, 0.1) is 6.92 Å². The van der Waals surface area contributed by atoms with Crippen LogP contribution in [0.4, 0.5) is 0 Å². The van der Waals surface area contributed by atoms with E-state index in [0.29, 0.717) is 6.54 Å². The van der Waals surface area contributed by atoms with E-state index in [1.807, 2.05) is 18.3 Å². The second-order valence-electron chi connectivity index (χ2n) is 3.36. The van der Waals surface area contributed by atoms with Gasteiger partial charge in [0.15, 0.2) is 0 Å². The molecule has 0 fully saturated rings. The Kier molecular flexibility index (Phi) is 2.17. The first kappa shape index (κ1) is 9.09. The summed E-state index contributed by atoms with van der Waals surface area (Å²) >= 11 is 0. The van der Waals surface area contributed by atoms with Crippen molar-refractivity contribution in [3.8, 4) is 5.75 Å². The van der Waals surface area contributed by atoms with Crippen molar-refractivity contribution in [3.63, 3.8) is 0 Å². The number of benzene rings is 1. The molecule has 1 aromatic heterocycles. The van der Waals surface area contributed by atoms with E-state index in [2.05, 4.69) is 11.9 Å². The first-order valence-corrected chi connectivity index (χ1v) is 4.61. The van der Waals surface area contributed by atoms with Gasteiger partial charge < -0.3 is 15.5 Å². The van der Waals surface area contributed by atoms with Gasteiger partial charge >= 0.3 is 0 Å². The second-order valence-corrected chi connectivity index (χ2v) is 3.36. The molecule has 3 heteroatoms. The van der Waals surface area contributed by atoms with Crippen LogP contribution in [0.3, 0.4) is 0 Å². The van der Waals surface area contributed by atoms with Gasteiger partial charge in [0.05, 0.1) is 7.11 Å². The van der Waals surface area contributed by atoms with Crippen LogP contribution in [-0.2, 0) is 6.54 Å². The zero-order chi connectivity index (χ0) is 10.1. The van der Waals surface area contributed by atoms with E-state index in [4.69, 9.17) is 10.5 Å². The molecule has 14 heavy (non-hydrogen) atoms. The maximum Gasteiger partial charge on any atom is 0.132 e. The number of ether oxygens (including phenoxy) is 1. The summed E-state index contributed by atoms with van der Waals surface area (Å²) < 4.78 is 5.39. The zero-order valence-corrected chi connectivity index (χ0v) is 8.42. The van der Waals surface area contributed by atoms with Gasteiger partial charge in [-0.2, -0.15) is 0 Å². The average molecular weight is 190 g/mol. The zero-order valence-electron chi connectivity index (χ0n) is 8.42.